The lowest BCUT2D eigenvalue weighted by atomic mass is 9.95. The Morgan fingerprint density at radius 1 is 1.11 bits per heavy atom. The van der Waals surface area contributed by atoms with Crippen LogP contribution in [-0.2, 0) is 9.59 Å². The van der Waals surface area contributed by atoms with E-state index in [0.29, 0.717) is 44.6 Å². The lowest BCUT2D eigenvalue weighted by Gasteiger charge is -2.31. The fourth-order valence-electron chi connectivity index (χ4n) is 3.25. The molecule has 2 amide bonds. The van der Waals surface area contributed by atoms with Crippen LogP contribution in [0.25, 0.3) is 0 Å². The van der Waals surface area contributed by atoms with E-state index in [1.54, 1.807) is 6.07 Å². The molecule has 0 radical (unpaired) electrons. The third-order valence-electron chi connectivity index (χ3n) is 4.84. The first-order chi connectivity index (χ1) is 13.7. The smallest absolute Gasteiger partial charge is 0.227 e. The second-order valence-corrected chi connectivity index (χ2v) is 6.78. The van der Waals surface area contributed by atoms with Crippen molar-refractivity contribution in [3.63, 3.8) is 0 Å². The summed E-state index contributed by atoms with van der Waals surface area (Å²) < 4.78 is 5.59. The Morgan fingerprint density at radius 3 is 2.57 bits per heavy atom. The number of nitrogens with one attached hydrogen (secondary N) is 1. The van der Waals surface area contributed by atoms with Gasteiger partial charge in [0.25, 0.3) is 0 Å². The molecule has 0 aromatic heterocycles. The summed E-state index contributed by atoms with van der Waals surface area (Å²) in [5.74, 6) is 3.27. The van der Waals surface area contributed by atoms with Gasteiger partial charge in [0.15, 0.2) is 0 Å². The van der Waals surface area contributed by atoms with Crippen molar-refractivity contribution in [2.75, 3.05) is 25.0 Å². The van der Waals surface area contributed by atoms with Gasteiger partial charge in [0.05, 0.1) is 13.0 Å². The largest absolute Gasteiger partial charge is 0.493 e. The zero-order chi connectivity index (χ0) is 19.8. The van der Waals surface area contributed by atoms with Crippen molar-refractivity contribution >= 4 is 17.5 Å². The van der Waals surface area contributed by atoms with Crippen LogP contribution in [0.3, 0.4) is 0 Å². The van der Waals surface area contributed by atoms with Crippen molar-refractivity contribution in [3.8, 4) is 18.1 Å². The number of hydrogen-bond donors (Lipinski definition) is 1. The second-order valence-electron chi connectivity index (χ2n) is 6.78. The summed E-state index contributed by atoms with van der Waals surface area (Å²) in [5.41, 5.74) is 1.44. The monoisotopic (exact) mass is 376 g/mol. The predicted octanol–water partition coefficient (Wildman–Crippen LogP) is 3.31. The van der Waals surface area contributed by atoms with E-state index >= 15 is 0 Å². The Kier molecular flexibility index (Phi) is 6.69. The first-order valence-electron chi connectivity index (χ1n) is 9.49. The van der Waals surface area contributed by atoms with Gasteiger partial charge in [-0.2, -0.15) is 0 Å². The molecule has 1 aliphatic heterocycles. The zero-order valence-electron chi connectivity index (χ0n) is 15.8. The molecule has 0 aliphatic carbocycles. The number of terminal acetylenes is 1. The molecule has 2 aromatic carbocycles. The molecular formula is C23H24N2O3. The van der Waals surface area contributed by atoms with Crippen LogP contribution >= 0.6 is 0 Å². The molecule has 1 aliphatic rings. The van der Waals surface area contributed by atoms with Crippen LogP contribution in [0.15, 0.2) is 54.6 Å². The number of para-hydroxylation sites is 1. The van der Waals surface area contributed by atoms with Crippen molar-refractivity contribution in [1.29, 1.82) is 0 Å². The number of rotatable bonds is 6. The number of carbonyl (C=O) groups excluding carboxylic acids is 2. The minimum Gasteiger partial charge on any atom is -0.493 e. The highest BCUT2D eigenvalue weighted by Crippen LogP contribution is 2.20. The number of ether oxygens (including phenoxy) is 1. The highest BCUT2D eigenvalue weighted by Gasteiger charge is 2.27. The minimum absolute atomic E-state index is 0.0197. The van der Waals surface area contributed by atoms with Crippen LogP contribution in [-0.4, -0.2) is 36.4 Å². The molecule has 0 spiro atoms. The average molecular weight is 376 g/mol. The Bertz CT molecular complexity index is 850. The van der Waals surface area contributed by atoms with E-state index in [-0.39, 0.29) is 17.7 Å². The van der Waals surface area contributed by atoms with E-state index in [2.05, 4.69) is 11.2 Å². The minimum atomic E-state index is -0.0980. The Labute approximate surface area is 165 Å². The Hall–Kier alpha value is -3.26. The topological polar surface area (TPSA) is 58.6 Å². The highest BCUT2D eigenvalue weighted by atomic mass is 16.5. The van der Waals surface area contributed by atoms with Gasteiger partial charge in [-0.15, -0.1) is 6.42 Å². The summed E-state index contributed by atoms with van der Waals surface area (Å²) >= 11 is 0. The molecular weight excluding hydrogens is 352 g/mol. The maximum atomic E-state index is 12.5. The second kappa shape index (κ2) is 9.61. The number of carbonyl (C=O) groups is 2. The predicted molar refractivity (Wildman–Crippen MR) is 109 cm³/mol. The molecule has 5 heteroatoms. The quantitative estimate of drug-likeness (QED) is 0.787. The third-order valence-corrected chi connectivity index (χ3v) is 4.84. The molecule has 0 unspecified atom stereocenters. The van der Waals surface area contributed by atoms with Crippen molar-refractivity contribution in [2.45, 2.75) is 19.3 Å². The number of benzene rings is 2. The van der Waals surface area contributed by atoms with Crippen LogP contribution in [0.2, 0.25) is 0 Å². The Morgan fingerprint density at radius 2 is 1.86 bits per heavy atom. The van der Waals surface area contributed by atoms with E-state index in [1.807, 2.05) is 53.4 Å². The lowest BCUT2D eigenvalue weighted by Crippen LogP contribution is -2.41. The average Bonchev–Trinajstić information content (AvgIpc) is 2.74. The Balaban J connectivity index is 1.41. The highest BCUT2D eigenvalue weighted by molar-refractivity contribution is 5.93. The number of likely N-dealkylation sites (tertiary alicyclic amines) is 1. The molecule has 0 bridgehead atoms. The van der Waals surface area contributed by atoms with Crippen molar-refractivity contribution < 1.29 is 14.3 Å². The maximum absolute atomic E-state index is 12.5. The van der Waals surface area contributed by atoms with Gasteiger partial charge < -0.3 is 15.0 Å². The normalized spacial score (nSPS) is 14.2. The van der Waals surface area contributed by atoms with Crippen molar-refractivity contribution in [3.05, 3.63) is 60.2 Å². The van der Waals surface area contributed by atoms with Gasteiger partial charge in [0, 0.05) is 30.3 Å². The summed E-state index contributed by atoms with van der Waals surface area (Å²) in [6.45, 7) is 1.54. The number of amides is 2. The maximum Gasteiger partial charge on any atom is 0.227 e. The van der Waals surface area contributed by atoms with E-state index in [4.69, 9.17) is 11.2 Å². The van der Waals surface area contributed by atoms with Crippen molar-refractivity contribution in [1.82, 2.24) is 4.90 Å². The van der Waals surface area contributed by atoms with Gasteiger partial charge in [0.1, 0.15) is 5.75 Å². The zero-order valence-corrected chi connectivity index (χ0v) is 15.8. The van der Waals surface area contributed by atoms with Gasteiger partial charge in [-0.25, -0.2) is 0 Å². The molecule has 1 heterocycles. The molecule has 0 atom stereocenters. The van der Waals surface area contributed by atoms with Gasteiger partial charge in [0.2, 0.25) is 11.8 Å². The fraction of sp³-hybridized carbons (Fsp3) is 0.304. The molecule has 0 saturated carbocycles. The fourth-order valence-corrected chi connectivity index (χ4v) is 3.25. The van der Waals surface area contributed by atoms with Crippen LogP contribution in [0, 0.1) is 18.3 Å². The van der Waals surface area contributed by atoms with Crippen LogP contribution in [0.1, 0.15) is 24.8 Å². The van der Waals surface area contributed by atoms with Gasteiger partial charge in [-0.05, 0) is 43.2 Å². The molecule has 28 heavy (non-hydrogen) atoms. The van der Waals surface area contributed by atoms with Gasteiger partial charge in [-0.3, -0.25) is 9.59 Å². The molecule has 2 aromatic rings. The van der Waals surface area contributed by atoms with Crippen LogP contribution in [0.5, 0.6) is 5.75 Å². The molecule has 3 rings (SSSR count). The molecule has 1 saturated heterocycles. The van der Waals surface area contributed by atoms with Gasteiger partial charge >= 0.3 is 0 Å². The number of piperidine rings is 1. The molecule has 1 N–H and O–H groups in total. The van der Waals surface area contributed by atoms with Crippen LogP contribution < -0.4 is 10.1 Å². The number of anilines is 1. The lowest BCUT2D eigenvalue weighted by molar-refractivity contribution is -0.135. The van der Waals surface area contributed by atoms with E-state index in [1.165, 1.54) is 0 Å². The standard InChI is InChI=1S/C23H24N2O3/c1-2-18-7-6-8-20(17-18)24-23(27)19-11-14-25(15-12-19)22(26)13-16-28-21-9-4-3-5-10-21/h1,3-10,17,19H,11-16H2,(H,24,27). The third kappa shape index (κ3) is 5.37. The van der Waals surface area contributed by atoms with Gasteiger partial charge in [-0.1, -0.05) is 30.2 Å². The summed E-state index contributed by atoms with van der Waals surface area (Å²) in [6, 6.07) is 16.7. The first-order valence-corrected chi connectivity index (χ1v) is 9.49. The summed E-state index contributed by atoms with van der Waals surface area (Å²) in [6.07, 6.45) is 7.05. The summed E-state index contributed by atoms with van der Waals surface area (Å²) in [4.78, 5) is 26.7. The number of hydrogen-bond acceptors (Lipinski definition) is 3. The molecule has 1 fully saturated rings. The summed E-state index contributed by atoms with van der Waals surface area (Å²) in [7, 11) is 0. The first kappa shape index (κ1) is 19.5. The SMILES string of the molecule is C#Cc1cccc(NC(=O)C2CCN(C(=O)CCOc3ccccc3)CC2)c1. The van der Waals surface area contributed by atoms with Crippen LogP contribution in [0.4, 0.5) is 5.69 Å². The van der Waals surface area contributed by atoms with E-state index in [0.717, 1.165) is 11.3 Å². The number of nitrogens with zero attached hydrogens (tertiary/aromatic N) is 1. The van der Waals surface area contributed by atoms with Crippen molar-refractivity contribution in [2.24, 2.45) is 5.92 Å². The summed E-state index contributed by atoms with van der Waals surface area (Å²) in [5, 5.41) is 2.92. The molecule has 5 nitrogen and oxygen atoms in total. The van der Waals surface area contributed by atoms with E-state index < -0.39 is 0 Å². The molecule has 144 valence electrons. The van der Waals surface area contributed by atoms with E-state index in [9.17, 15) is 9.59 Å².